The topological polar surface area (TPSA) is 12.5 Å². The van der Waals surface area contributed by atoms with Crippen LogP contribution in [-0.2, 0) is 4.74 Å². The van der Waals surface area contributed by atoms with E-state index in [4.69, 9.17) is 11.2 Å². The van der Waals surface area contributed by atoms with Gasteiger partial charge in [0.05, 0.1) is 12.2 Å². The lowest BCUT2D eigenvalue weighted by atomic mass is 9.85. The molecule has 2 fully saturated rings. The van der Waals surface area contributed by atoms with Crippen molar-refractivity contribution in [2.24, 2.45) is 5.92 Å². The van der Waals surface area contributed by atoms with Crippen LogP contribution in [0.3, 0.4) is 0 Å². The van der Waals surface area contributed by atoms with Gasteiger partial charge in [-0.1, -0.05) is 19.3 Å². The van der Waals surface area contributed by atoms with Gasteiger partial charge in [0.15, 0.2) is 0 Å². The first-order valence-corrected chi connectivity index (χ1v) is 5.45. The first-order valence-electron chi connectivity index (χ1n) is 5.45. The van der Waals surface area contributed by atoms with Gasteiger partial charge >= 0.3 is 0 Å². The number of hydrogen-bond donors (Lipinski definition) is 0. The van der Waals surface area contributed by atoms with Crippen LogP contribution < -0.4 is 0 Å². The SMILES string of the molecule is C#CCC[C@@H]1CCCCCC12CO2. The largest absolute Gasteiger partial charge is 0.369 e. The van der Waals surface area contributed by atoms with Crippen LogP contribution in [0.4, 0.5) is 0 Å². The molecule has 0 aromatic heterocycles. The molecule has 0 bridgehead atoms. The standard InChI is InChI=1S/C12H18O/c1-2-3-7-11-8-5-4-6-9-12(11)10-13-12/h1,11H,3-10H2/t11-,12?/m1/s1. The summed E-state index contributed by atoms with van der Waals surface area (Å²) in [4.78, 5) is 0. The number of terminal acetylenes is 1. The van der Waals surface area contributed by atoms with E-state index < -0.39 is 0 Å². The van der Waals surface area contributed by atoms with E-state index >= 15 is 0 Å². The van der Waals surface area contributed by atoms with Crippen molar-refractivity contribution in [2.45, 2.75) is 50.5 Å². The van der Waals surface area contributed by atoms with Crippen molar-refractivity contribution in [1.29, 1.82) is 0 Å². The van der Waals surface area contributed by atoms with Crippen molar-refractivity contribution in [2.75, 3.05) is 6.61 Å². The van der Waals surface area contributed by atoms with Crippen molar-refractivity contribution in [3.8, 4) is 12.3 Å². The average Bonchev–Trinajstić information content (AvgIpc) is 2.93. The highest BCUT2D eigenvalue weighted by molar-refractivity contribution is 5.00. The van der Waals surface area contributed by atoms with Crippen LogP contribution in [0.5, 0.6) is 0 Å². The van der Waals surface area contributed by atoms with Crippen LogP contribution in [0.2, 0.25) is 0 Å². The highest BCUT2D eigenvalue weighted by Crippen LogP contribution is 2.46. The number of rotatable bonds is 2. The van der Waals surface area contributed by atoms with Gasteiger partial charge in [0.1, 0.15) is 0 Å². The minimum absolute atomic E-state index is 0.285. The third-order valence-corrected chi connectivity index (χ3v) is 3.55. The maximum absolute atomic E-state index is 5.66. The highest BCUT2D eigenvalue weighted by atomic mass is 16.6. The van der Waals surface area contributed by atoms with Crippen molar-refractivity contribution in [1.82, 2.24) is 0 Å². The molecule has 2 atom stereocenters. The molecule has 0 N–H and O–H groups in total. The van der Waals surface area contributed by atoms with Gasteiger partial charge in [0, 0.05) is 6.42 Å². The monoisotopic (exact) mass is 178 g/mol. The molecule has 2 rings (SSSR count). The molecule has 1 heteroatoms. The molecule has 0 aromatic carbocycles. The maximum atomic E-state index is 5.66. The Hall–Kier alpha value is -0.480. The number of hydrogen-bond acceptors (Lipinski definition) is 1. The molecule has 1 aliphatic heterocycles. The number of ether oxygens (including phenoxy) is 1. The lowest BCUT2D eigenvalue weighted by Crippen LogP contribution is -2.22. The van der Waals surface area contributed by atoms with Gasteiger partial charge in [-0.05, 0) is 25.2 Å². The fourth-order valence-electron chi connectivity index (χ4n) is 2.60. The lowest BCUT2D eigenvalue weighted by Gasteiger charge is -2.20. The summed E-state index contributed by atoms with van der Waals surface area (Å²) < 4.78 is 5.66. The molecule has 0 radical (unpaired) electrons. The van der Waals surface area contributed by atoms with Crippen LogP contribution in [0.15, 0.2) is 0 Å². The number of epoxide rings is 1. The van der Waals surface area contributed by atoms with E-state index in [1.807, 2.05) is 0 Å². The molecular weight excluding hydrogens is 160 g/mol. The molecule has 1 aliphatic carbocycles. The van der Waals surface area contributed by atoms with E-state index in [2.05, 4.69) is 5.92 Å². The summed E-state index contributed by atoms with van der Waals surface area (Å²) in [5.74, 6) is 3.50. The summed E-state index contributed by atoms with van der Waals surface area (Å²) in [5.41, 5.74) is 0.285. The molecule has 2 aliphatic rings. The molecule has 0 amide bonds. The second-order valence-corrected chi connectivity index (χ2v) is 4.39. The molecule has 1 heterocycles. The Morgan fingerprint density at radius 3 is 2.92 bits per heavy atom. The Balaban J connectivity index is 1.93. The predicted octanol–water partition coefficient (Wildman–Crippen LogP) is 2.75. The first kappa shape index (κ1) is 9.09. The van der Waals surface area contributed by atoms with Crippen LogP contribution >= 0.6 is 0 Å². The van der Waals surface area contributed by atoms with E-state index in [1.165, 1.54) is 38.5 Å². The van der Waals surface area contributed by atoms with Crippen molar-refractivity contribution >= 4 is 0 Å². The molecule has 1 unspecified atom stereocenters. The Morgan fingerprint density at radius 2 is 2.23 bits per heavy atom. The fourth-order valence-corrected chi connectivity index (χ4v) is 2.60. The fraction of sp³-hybridized carbons (Fsp3) is 0.833. The Kier molecular flexibility index (Phi) is 2.60. The first-order chi connectivity index (χ1) is 6.37. The minimum Gasteiger partial charge on any atom is -0.369 e. The zero-order chi connectivity index (χ0) is 9.15. The summed E-state index contributed by atoms with van der Waals surface area (Å²) in [6.07, 6.45) is 14.1. The van der Waals surface area contributed by atoms with Gasteiger partial charge in [-0.2, -0.15) is 0 Å². The second kappa shape index (κ2) is 3.72. The summed E-state index contributed by atoms with van der Waals surface area (Å²) >= 11 is 0. The third kappa shape index (κ3) is 1.89. The summed E-state index contributed by atoms with van der Waals surface area (Å²) in [7, 11) is 0. The quantitative estimate of drug-likeness (QED) is 0.468. The smallest absolute Gasteiger partial charge is 0.0944 e. The Bertz CT molecular complexity index is 210. The van der Waals surface area contributed by atoms with E-state index in [1.54, 1.807) is 0 Å². The molecule has 1 saturated carbocycles. The van der Waals surface area contributed by atoms with E-state index in [9.17, 15) is 0 Å². The van der Waals surface area contributed by atoms with Crippen LogP contribution in [0.25, 0.3) is 0 Å². The molecule has 1 saturated heterocycles. The molecule has 1 nitrogen and oxygen atoms in total. The molecule has 0 aromatic rings. The zero-order valence-electron chi connectivity index (χ0n) is 8.22. The minimum atomic E-state index is 0.285. The van der Waals surface area contributed by atoms with Crippen LogP contribution in [-0.4, -0.2) is 12.2 Å². The molecule has 1 spiro atoms. The van der Waals surface area contributed by atoms with Crippen LogP contribution in [0.1, 0.15) is 44.9 Å². The molecule has 72 valence electrons. The van der Waals surface area contributed by atoms with E-state index in [0.717, 1.165) is 18.9 Å². The van der Waals surface area contributed by atoms with Gasteiger partial charge in [0.2, 0.25) is 0 Å². The normalized spacial score (nSPS) is 38.2. The lowest BCUT2D eigenvalue weighted by molar-refractivity contribution is 0.196. The third-order valence-electron chi connectivity index (χ3n) is 3.55. The summed E-state index contributed by atoms with van der Waals surface area (Å²) in [5, 5.41) is 0. The van der Waals surface area contributed by atoms with E-state index in [-0.39, 0.29) is 5.60 Å². The zero-order valence-corrected chi connectivity index (χ0v) is 8.22. The Morgan fingerprint density at radius 1 is 1.38 bits per heavy atom. The van der Waals surface area contributed by atoms with Crippen molar-refractivity contribution in [3.63, 3.8) is 0 Å². The van der Waals surface area contributed by atoms with Gasteiger partial charge in [-0.25, -0.2) is 0 Å². The second-order valence-electron chi connectivity index (χ2n) is 4.39. The molecule has 13 heavy (non-hydrogen) atoms. The van der Waals surface area contributed by atoms with Gasteiger partial charge in [-0.3, -0.25) is 0 Å². The molecular formula is C12H18O. The van der Waals surface area contributed by atoms with Gasteiger partial charge in [0.25, 0.3) is 0 Å². The highest BCUT2D eigenvalue weighted by Gasteiger charge is 2.50. The van der Waals surface area contributed by atoms with Gasteiger partial charge in [-0.15, -0.1) is 12.3 Å². The van der Waals surface area contributed by atoms with Gasteiger partial charge < -0.3 is 4.74 Å². The average molecular weight is 178 g/mol. The van der Waals surface area contributed by atoms with Crippen molar-refractivity contribution in [3.05, 3.63) is 0 Å². The van der Waals surface area contributed by atoms with Crippen LogP contribution in [0, 0.1) is 18.3 Å². The summed E-state index contributed by atoms with van der Waals surface area (Å²) in [6, 6.07) is 0. The maximum Gasteiger partial charge on any atom is 0.0944 e. The Labute approximate surface area is 80.9 Å². The predicted molar refractivity (Wildman–Crippen MR) is 53.3 cm³/mol. The van der Waals surface area contributed by atoms with E-state index in [0.29, 0.717) is 0 Å². The summed E-state index contributed by atoms with van der Waals surface area (Å²) in [6.45, 7) is 1.00. The van der Waals surface area contributed by atoms with Crippen molar-refractivity contribution < 1.29 is 4.74 Å².